The molecule has 1 fully saturated rings. The second-order valence-corrected chi connectivity index (χ2v) is 6.19. The summed E-state index contributed by atoms with van der Waals surface area (Å²) in [7, 11) is 0. The Bertz CT molecular complexity index is 331. The van der Waals surface area contributed by atoms with Crippen molar-refractivity contribution in [3.8, 4) is 0 Å². The van der Waals surface area contributed by atoms with Crippen LogP contribution in [-0.4, -0.2) is 41.1 Å². The molecule has 0 bridgehead atoms. The molecular formula is C14H26N2O3. The van der Waals surface area contributed by atoms with Crippen LogP contribution in [0.25, 0.3) is 0 Å². The smallest absolute Gasteiger partial charge is 0.317 e. The van der Waals surface area contributed by atoms with Crippen molar-refractivity contribution in [2.75, 3.05) is 13.1 Å². The molecule has 0 saturated carbocycles. The van der Waals surface area contributed by atoms with Crippen molar-refractivity contribution in [3.05, 3.63) is 0 Å². The number of aliphatic carboxylic acids is 1. The summed E-state index contributed by atoms with van der Waals surface area (Å²) in [5, 5.41) is 11.9. The van der Waals surface area contributed by atoms with E-state index in [0.29, 0.717) is 18.3 Å². The first kappa shape index (κ1) is 15.8. The quantitative estimate of drug-likeness (QED) is 0.804. The molecule has 5 heteroatoms. The highest BCUT2D eigenvalue weighted by atomic mass is 16.4. The molecule has 19 heavy (non-hydrogen) atoms. The van der Waals surface area contributed by atoms with Gasteiger partial charge in [-0.1, -0.05) is 20.8 Å². The Kier molecular flexibility index (Phi) is 5.63. The van der Waals surface area contributed by atoms with Crippen molar-refractivity contribution in [2.24, 2.45) is 17.8 Å². The van der Waals surface area contributed by atoms with Crippen LogP contribution in [0.3, 0.4) is 0 Å². The summed E-state index contributed by atoms with van der Waals surface area (Å²) in [6.07, 6.45) is 1.60. The highest BCUT2D eigenvalue weighted by Gasteiger charge is 2.30. The average molecular weight is 270 g/mol. The lowest BCUT2D eigenvalue weighted by molar-refractivity contribution is -0.142. The lowest BCUT2D eigenvalue weighted by Crippen LogP contribution is -2.44. The average Bonchev–Trinajstić information content (AvgIpc) is 2.62. The van der Waals surface area contributed by atoms with E-state index in [1.807, 2.05) is 20.8 Å². The van der Waals surface area contributed by atoms with Gasteiger partial charge in [-0.3, -0.25) is 4.79 Å². The maximum Gasteiger partial charge on any atom is 0.317 e. The van der Waals surface area contributed by atoms with Crippen LogP contribution in [0.15, 0.2) is 0 Å². The highest BCUT2D eigenvalue weighted by molar-refractivity contribution is 5.76. The monoisotopic (exact) mass is 270 g/mol. The molecule has 5 nitrogen and oxygen atoms in total. The first-order valence-electron chi connectivity index (χ1n) is 7.08. The molecule has 1 heterocycles. The van der Waals surface area contributed by atoms with Gasteiger partial charge in [0.25, 0.3) is 0 Å². The molecule has 0 aromatic carbocycles. The first-order valence-corrected chi connectivity index (χ1v) is 7.08. The third kappa shape index (κ3) is 4.73. The first-order chi connectivity index (χ1) is 8.81. The zero-order valence-corrected chi connectivity index (χ0v) is 12.3. The van der Waals surface area contributed by atoms with Crippen molar-refractivity contribution in [1.29, 1.82) is 0 Å². The molecule has 0 spiro atoms. The molecule has 0 aromatic heterocycles. The highest BCUT2D eigenvalue weighted by Crippen LogP contribution is 2.22. The minimum atomic E-state index is -0.836. The Morgan fingerprint density at radius 3 is 2.42 bits per heavy atom. The number of nitrogens with one attached hydrogen (secondary N) is 1. The van der Waals surface area contributed by atoms with Crippen molar-refractivity contribution >= 4 is 12.0 Å². The maximum absolute atomic E-state index is 12.0. The van der Waals surface area contributed by atoms with Crippen LogP contribution in [0.2, 0.25) is 0 Å². The summed E-state index contributed by atoms with van der Waals surface area (Å²) in [6, 6.07) is 0.107. The Labute approximate surface area is 115 Å². The molecule has 0 aromatic rings. The zero-order valence-electron chi connectivity index (χ0n) is 12.3. The fourth-order valence-corrected chi connectivity index (χ4v) is 2.74. The summed E-state index contributed by atoms with van der Waals surface area (Å²) in [5.74, 6) is -0.508. The Morgan fingerprint density at radius 1 is 1.37 bits per heavy atom. The third-order valence-electron chi connectivity index (χ3n) is 3.65. The van der Waals surface area contributed by atoms with Gasteiger partial charge in [0.2, 0.25) is 0 Å². The minimum absolute atomic E-state index is 0.133. The number of rotatable bonds is 5. The van der Waals surface area contributed by atoms with Gasteiger partial charge in [-0.2, -0.15) is 0 Å². The number of carbonyl (C=O) groups is 2. The number of hydrogen-bond acceptors (Lipinski definition) is 2. The number of carbonyl (C=O) groups excluding carboxylic acids is 1. The van der Waals surface area contributed by atoms with E-state index in [1.54, 1.807) is 4.90 Å². The number of urea groups is 1. The topological polar surface area (TPSA) is 69.6 Å². The van der Waals surface area contributed by atoms with Gasteiger partial charge < -0.3 is 15.3 Å². The molecule has 0 aliphatic carbocycles. The summed E-state index contributed by atoms with van der Waals surface area (Å²) < 4.78 is 0. The van der Waals surface area contributed by atoms with Crippen molar-refractivity contribution in [3.63, 3.8) is 0 Å². The van der Waals surface area contributed by atoms with E-state index in [1.165, 1.54) is 0 Å². The molecular weight excluding hydrogens is 244 g/mol. The van der Waals surface area contributed by atoms with Gasteiger partial charge in [0.05, 0.1) is 5.92 Å². The number of carboxylic acid groups (broad SMARTS) is 1. The van der Waals surface area contributed by atoms with Gasteiger partial charge in [0, 0.05) is 19.1 Å². The zero-order chi connectivity index (χ0) is 14.6. The van der Waals surface area contributed by atoms with Gasteiger partial charge in [-0.05, 0) is 31.6 Å². The maximum atomic E-state index is 12.0. The van der Waals surface area contributed by atoms with Gasteiger partial charge in [0.1, 0.15) is 0 Å². The lowest BCUT2D eigenvalue weighted by atomic mass is 9.97. The second kappa shape index (κ2) is 6.78. The predicted molar refractivity (Wildman–Crippen MR) is 73.9 cm³/mol. The minimum Gasteiger partial charge on any atom is -0.481 e. The molecule has 1 rings (SSSR count). The molecule has 2 N–H and O–H groups in total. The molecule has 2 amide bonds. The number of nitrogens with zero attached hydrogens (tertiary/aromatic N) is 1. The Morgan fingerprint density at radius 2 is 2.00 bits per heavy atom. The lowest BCUT2D eigenvalue weighted by Gasteiger charge is -2.23. The molecule has 1 aliphatic rings. The predicted octanol–water partition coefficient (Wildman–Crippen LogP) is 2.17. The van der Waals surface area contributed by atoms with E-state index in [0.717, 1.165) is 13.0 Å². The number of hydrogen-bond donors (Lipinski definition) is 2. The molecule has 3 atom stereocenters. The van der Waals surface area contributed by atoms with Crippen LogP contribution in [-0.2, 0) is 4.79 Å². The van der Waals surface area contributed by atoms with Crippen LogP contribution < -0.4 is 5.32 Å². The molecule has 1 saturated heterocycles. The molecule has 3 unspecified atom stereocenters. The van der Waals surface area contributed by atoms with Gasteiger partial charge in [-0.15, -0.1) is 0 Å². The Hall–Kier alpha value is -1.26. The summed E-state index contributed by atoms with van der Waals surface area (Å²) >= 11 is 0. The third-order valence-corrected chi connectivity index (χ3v) is 3.65. The van der Waals surface area contributed by atoms with Gasteiger partial charge in [-0.25, -0.2) is 4.79 Å². The van der Waals surface area contributed by atoms with Crippen LogP contribution in [0.5, 0.6) is 0 Å². The van der Waals surface area contributed by atoms with Gasteiger partial charge >= 0.3 is 12.0 Å². The standard InChI is InChI=1S/C14H26N2O3/c1-9(2)5-12(13(17)18)7-15-14(19)16-8-10(3)6-11(16)4/h9-12H,5-8H2,1-4H3,(H,15,19)(H,17,18). The van der Waals surface area contributed by atoms with E-state index < -0.39 is 11.9 Å². The molecule has 0 radical (unpaired) electrons. The largest absolute Gasteiger partial charge is 0.481 e. The molecule has 110 valence electrons. The summed E-state index contributed by atoms with van der Waals surface area (Å²) in [6.45, 7) is 9.11. The van der Waals surface area contributed by atoms with Crippen LogP contribution in [0.4, 0.5) is 4.79 Å². The van der Waals surface area contributed by atoms with E-state index in [-0.39, 0.29) is 18.6 Å². The second-order valence-electron chi connectivity index (χ2n) is 6.19. The van der Waals surface area contributed by atoms with Gasteiger partial charge in [0.15, 0.2) is 0 Å². The number of carboxylic acids is 1. The van der Waals surface area contributed by atoms with Crippen molar-refractivity contribution in [1.82, 2.24) is 10.2 Å². The fraction of sp³-hybridized carbons (Fsp3) is 0.857. The van der Waals surface area contributed by atoms with Crippen LogP contribution in [0, 0.1) is 17.8 Å². The van der Waals surface area contributed by atoms with Crippen LogP contribution >= 0.6 is 0 Å². The Balaban J connectivity index is 2.45. The normalized spacial score (nSPS) is 24.6. The van der Waals surface area contributed by atoms with Crippen LogP contribution in [0.1, 0.15) is 40.5 Å². The SMILES string of the molecule is CC(C)CC(CNC(=O)N1CC(C)CC1C)C(=O)O. The fourth-order valence-electron chi connectivity index (χ4n) is 2.74. The summed E-state index contributed by atoms with van der Waals surface area (Å²) in [5.41, 5.74) is 0. The van der Waals surface area contributed by atoms with E-state index in [4.69, 9.17) is 5.11 Å². The van der Waals surface area contributed by atoms with E-state index in [2.05, 4.69) is 12.2 Å². The van der Waals surface area contributed by atoms with E-state index >= 15 is 0 Å². The number of likely N-dealkylation sites (tertiary alicyclic amines) is 1. The molecule has 1 aliphatic heterocycles. The van der Waals surface area contributed by atoms with Crippen molar-refractivity contribution < 1.29 is 14.7 Å². The number of amides is 2. The summed E-state index contributed by atoms with van der Waals surface area (Å²) in [4.78, 5) is 25.0. The van der Waals surface area contributed by atoms with Crippen molar-refractivity contribution in [2.45, 2.75) is 46.6 Å². The van der Waals surface area contributed by atoms with E-state index in [9.17, 15) is 9.59 Å².